The molecule has 25 atom stereocenters. The molecule has 29 nitrogen and oxygen atoms in total. The van der Waals surface area contributed by atoms with Gasteiger partial charge in [-0.3, -0.25) is 14.4 Å². The topological polar surface area (TPSA) is 379 Å². The highest BCUT2D eigenvalue weighted by atomic mass is 16.8. The average Bonchev–Trinajstić information content (AvgIpc) is 0.763. The molecule has 6 aromatic carbocycles. The summed E-state index contributed by atoms with van der Waals surface area (Å²) in [6, 6.07) is 55.2. The third kappa shape index (κ3) is 21.9. The van der Waals surface area contributed by atoms with Crippen molar-refractivity contribution in [2.75, 3.05) is 33.0 Å². The van der Waals surface area contributed by atoms with Crippen LogP contribution in [-0.4, -0.2) is 245 Å². The Kier molecular flexibility index (Phi) is 30.2. The number of rotatable bonds is 34. The van der Waals surface area contributed by atoms with Crippen LogP contribution in [0.2, 0.25) is 0 Å². The average molecular weight is 1500 g/mol. The molecule has 580 valence electrons. The lowest BCUT2D eigenvalue weighted by Crippen LogP contribution is -2.68. The van der Waals surface area contributed by atoms with E-state index in [-0.39, 0.29) is 52.9 Å². The smallest absolute Gasteiger partial charge is 0.303 e. The van der Waals surface area contributed by atoms with Crippen LogP contribution in [0.15, 0.2) is 182 Å². The fourth-order valence-corrected chi connectivity index (χ4v) is 13.3. The lowest BCUT2D eigenvalue weighted by molar-refractivity contribution is -0.395. The Morgan fingerprint density at radius 3 is 0.935 bits per heavy atom. The van der Waals surface area contributed by atoms with Gasteiger partial charge in [0, 0.05) is 20.8 Å². The van der Waals surface area contributed by atoms with Crippen molar-refractivity contribution in [3.63, 3.8) is 0 Å². The van der Waals surface area contributed by atoms with Crippen molar-refractivity contribution < 1.29 is 140 Å². The molecule has 5 aliphatic rings. The molecule has 8 N–H and O–H groups in total. The molecule has 0 unspecified atom stereocenters. The summed E-state index contributed by atoms with van der Waals surface area (Å²) in [4.78, 5) is 39.6. The Balaban J connectivity index is 0.908. The minimum Gasteiger partial charge on any atom is -0.454 e. The zero-order chi connectivity index (χ0) is 75.3. The molecule has 0 amide bonds. The number of ether oxygens (including phenoxy) is 18. The van der Waals surface area contributed by atoms with Gasteiger partial charge in [-0.15, -0.1) is 0 Å². The molecule has 5 fully saturated rings. The molecule has 5 heterocycles. The van der Waals surface area contributed by atoms with E-state index < -0.39 is 191 Å². The number of carbonyl (C=O) groups excluding carboxylic acids is 3. The van der Waals surface area contributed by atoms with Crippen molar-refractivity contribution in [2.45, 2.75) is 214 Å². The molecular weight excluding hydrogens is 1400 g/mol. The second kappa shape index (κ2) is 40.0. The zero-order valence-corrected chi connectivity index (χ0v) is 59.2. The van der Waals surface area contributed by atoms with Crippen molar-refractivity contribution in [3.8, 4) is 0 Å². The van der Waals surface area contributed by atoms with Gasteiger partial charge in [0.05, 0.1) is 72.7 Å². The van der Waals surface area contributed by atoms with Gasteiger partial charge in [0.2, 0.25) is 0 Å². The second-order valence-electron chi connectivity index (χ2n) is 26.5. The van der Waals surface area contributed by atoms with Crippen LogP contribution in [0.25, 0.3) is 0 Å². The Morgan fingerprint density at radius 2 is 0.579 bits per heavy atom. The molecule has 11 rings (SSSR count). The Labute approximate surface area is 618 Å². The minimum atomic E-state index is -2.16. The Hall–Kier alpha value is -7.19. The Bertz CT molecular complexity index is 3600. The maximum Gasteiger partial charge on any atom is 0.303 e. The van der Waals surface area contributed by atoms with Gasteiger partial charge in [0.15, 0.2) is 49.8 Å². The predicted octanol–water partition coefficient (Wildman–Crippen LogP) is 3.13. The summed E-state index contributed by atoms with van der Waals surface area (Å²) in [6.45, 7) is 0.269. The van der Waals surface area contributed by atoms with E-state index >= 15 is 0 Å². The molecule has 107 heavy (non-hydrogen) atoms. The van der Waals surface area contributed by atoms with E-state index in [4.69, 9.17) is 85.3 Å². The van der Waals surface area contributed by atoms with Crippen molar-refractivity contribution in [3.05, 3.63) is 215 Å². The number of hydrogen-bond donors (Lipinski definition) is 8. The van der Waals surface area contributed by atoms with Gasteiger partial charge in [-0.05, 0) is 33.4 Å². The number of esters is 3. The van der Waals surface area contributed by atoms with Crippen molar-refractivity contribution >= 4 is 17.9 Å². The van der Waals surface area contributed by atoms with Crippen LogP contribution in [0.5, 0.6) is 0 Å². The van der Waals surface area contributed by atoms with E-state index in [1.807, 2.05) is 182 Å². The SMILES string of the molecule is CC(=O)O[C@@H]1[C@@H](O[C@@H]2[C@@H](OC[C@H]3O[C@H](O)[C@H](OC(C)=O)[C@@H](O)[C@@H]3O[C@H]3O[C@H](CO)[C@@H](O)[C@H](O)[C@@H]3O[C@H]3O[C@H](COCc4ccccc4)[C@@H](OCc4ccccc4)[C@H](OCc4ccccc4)[C@@H]3OC(C)=O)O[C@H](CO)[C@@H](O)[C@@H]2O)O[C@H](COCc2ccccc2)[C@@H](OCc2ccccc2)[C@@H]1OCc1ccccc1. The standard InChI is InChI=1S/C78H94O29/c1-45(81)97-67-63(88)64(105-76-69(62(87)60(85)55(35-80)102-76)107-78-73(99-47(3)83)71(95-41-53-32-20-9-21-33-53)66(93-39-51-28-16-7-17-29-51)57(104-78)43-91-37-49-24-12-5-13-25-49)58(100-74(67)89)44-96-75-68(61(86)59(84)54(34-79)101-75)106-77-72(98-46(2)82)70(94-40-52-30-18-8-19-31-52)65(92-38-50-26-14-6-15-27-50)56(103-77)42-90-36-48-22-10-4-11-23-48/h4-33,54-80,84-89H,34-44H2,1-3H3/t54-,55-,56-,57-,58-,59-,60-,61+,62+,63+,64-,65-,66-,67-,68+,69+,70+,71+,72+,73+,74+,75+,76-,77-,78-/m1/s1. The number of carbonyl (C=O) groups is 3. The molecule has 5 aliphatic heterocycles. The number of aliphatic hydroxyl groups is 8. The van der Waals surface area contributed by atoms with Gasteiger partial charge in [0.25, 0.3) is 0 Å². The van der Waals surface area contributed by atoms with E-state index in [1.54, 1.807) is 0 Å². The Morgan fingerprint density at radius 1 is 0.290 bits per heavy atom. The van der Waals surface area contributed by atoms with Crippen molar-refractivity contribution in [2.24, 2.45) is 0 Å². The van der Waals surface area contributed by atoms with Crippen LogP contribution in [0.3, 0.4) is 0 Å². The molecule has 0 aliphatic carbocycles. The van der Waals surface area contributed by atoms with Crippen LogP contribution in [0.1, 0.15) is 54.2 Å². The summed E-state index contributed by atoms with van der Waals surface area (Å²) in [5.74, 6) is -2.65. The molecule has 6 aromatic rings. The molecule has 0 radical (unpaired) electrons. The molecule has 5 saturated heterocycles. The first-order chi connectivity index (χ1) is 51.9. The van der Waals surface area contributed by atoms with Crippen LogP contribution in [-0.2, 0) is 139 Å². The van der Waals surface area contributed by atoms with Crippen LogP contribution >= 0.6 is 0 Å². The van der Waals surface area contributed by atoms with Gasteiger partial charge in [-0.25, -0.2) is 0 Å². The largest absolute Gasteiger partial charge is 0.454 e. The van der Waals surface area contributed by atoms with Crippen LogP contribution in [0, 0.1) is 0 Å². The summed E-state index contributed by atoms with van der Waals surface area (Å²) in [6.07, 6.45) is -42.7. The van der Waals surface area contributed by atoms with E-state index in [2.05, 4.69) is 0 Å². The normalized spacial score (nSPS) is 33.1. The first-order valence-corrected chi connectivity index (χ1v) is 35.5. The minimum absolute atomic E-state index is 0.00734. The van der Waals surface area contributed by atoms with E-state index in [1.165, 1.54) is 0 Å². The summed E-state index contributed by atoms with van der Waals surface area (Å²) in [5, 5.41) is 93.3. The van der Waals surface area contributed by atoms with E-state index in [0.717, 1.165) is 48.6 Å². The number of benzene rings is 6. The maximum atomic E-state index is 13.4. The second-order valence-corrected chi connectivity index (χ2v) is 26.5. The van der Waals surface area contributed by atoms with E-state index in [9.17, 15) is 55.2 Å². The fraction of sp³-hybridized carbons (Fsp3) is 0.500. The zero-order valence-electron chi connectivity index (χ0n) is 59.2. The highest BCUT2D eigenvalue weighted by Crippen LogP contribution is 2.39. The summed E-state index contributed by atoms with van der Waals surface area (Å²) in [7, 11) is 0. The number of aliphatic hydroxyl groups excluding tert-OH is 8. The number of hydrogen-bond acceptors (Lipinski definition) is 29. The van der Waals surface area contributed by atoms with Gasteiger partial charge < -0.3 is 126 Å². The molecule has 0 bridgehead atoms. The predicted molar refractivity (Wildman–Crippen MR) is 369 cm³/mol. The van der Waals surface area contributed by atoms with Gasteiger partial charge in [-0.2, -0.15) is 0 Å². The van der Waals surface area contributed by atoms with Crippen molar-refractivity contribution in [1.29, 1.82) is 0 Å². The first-order valence-electron chi connectivity index (χ1n) is 35.5. The van der Waals surface area contributed by atoms with Crippen molar-refractivity contribution in [1.82, 2.24) is 0 Å². The molecule has 29 heteroatoms. The molecule has 0 saturated carbocycles. The highest BCUT2D eigenvalue weighted by molar-refractivity contribution is 5.67. The quantitative estimate of drug-likeness (QED) is 0.0212. The summed E-state index contributed by atoms with van der Waals surface area (Å²) < 4.78 is 115. The third-order valence-electron chi connectivity index (χ3n) is 18.6. The van der Waals surface area contributed by atoms with Gasteiger partial charge >= 0.3 is 17.9 Å². The highest BCUT2D eigenvalue weighted by Gasteiger charge is 2.59. The lowest BCUT2D eigenvalue weighted by Gasteiger charge is -2.50. The van der Waals surface area contributed by atoms with Crippen LogP contribution in [0.4, 0.5) is 0 Å². The first kappa shape index (κ1) is 80.8. The maximum absolute atomic E-state index is 13.4. The summed E-state index contributed by atoms with van der Waals surface area (Å²) in [5.41, 5.74) is 4.60. The van der Waals surface area contributed by atoms with E-state index in [0.29, 0.717) is 5.56 Å². The molecular formula is C78H94O29. The van der Waals surface area contributed by atoms with Crippen LogP contribution < -0.4 is 0 Å². The summed E-state index contributed by atoms with van der Waals surface area (Å²) >= 11 is 0. The third-order valence-corrected chi connectivity index (χ3v) is 18.6. The molecule has 0 aromatic heterocycles. The van der Waals surface area contributed by atoms with Gasteiger partial charge in [-0.1, -0.05) is 182 Å². The van der Waals surface area contributed by atoms with Gasteiger partial charge in [0.1, 0.15) is 104 Å². The fourth-order valence-electron chi connectivity index (χ4n) is 13.3. The monoisotopic (exact) mass is 1490 g/mol. The molecule has 0 spiro atoms. The lowest BCUT2D eigenvalue weighted by atomic mass is 9.95.